The lowest BCUT2D eigenvalue weighted by molar-refractivity contribution is -0.385. The minimum absolute atomic E-state index is 0.143. The third kappa shape index (κ3) is 3.86. The highest BCUT2D eigenvalue weighted by atomic mass is 16.6. The molecule has 1 unspecified atom stereocenters. The van der Waals surface area contributed by atoms with E-state index in [9.17, 15) is 10.1 Å². The van der Waals surface area contributed by atoms with Gasteiger partial charge in [0.1, 0.15) is 12.4 Å². The first-order valence-corrected chi connectivity index (χ1v) is 4.48. The zero-order valence-corrected chi connectivity index (χ0v) is 8.25. The Kier molecular flexibility index (Phi) is 3.92. The fraction of sp³-hybridized carbons (Fsp3) is 0.500. The summed E-state index contributed by atoms with van der Waals surface area (Å²) >= 11 is 0. The molecule has 15 heavy (non-hydrogen) atoms. The highest BCUT2D eigenvalue weighted by molar-refractivity contribution is 5.30. The summed E-state index contributed by atoms with van der Waals surface area (Å²) in [5.41, 5.74) is -0.143. The maximum Gasteiger partial charge on any atom is 0.305 e. The van der Waals surface area contributed by atoms with Gasteiger partial charge in [-0.05, 0) is 13.3 Å². The Bertz CT molecular complexity index is 325. The van der Waals surface area contributed by atoms with E-state index in [4.69, 9.17) is 5.11 Å². The quantitative estimate of drug-likeness (QED) is 0.546. The van der Waals surface area contributed by atoms with Gasteiger partial charge in [-0.15, -0.1) is 0 Å². The van der Waals surface area contributed by atoms with Crippen molar-refractivity contribution in [1.29, 1.82) is 0 Å². The molecular weight excluding hydrogens is 200 g/mol. The van der Waals surface area contributed by atoms with Crippen molar-refractivity contribution in [1.82, 2.24) is 9.97 Å². The second kappa shape index (κ2) is 5.20. The average molecular weight is 212 g/mol. The lowest BCUT2D eigenvalue weighted by Crippen LogP contribution is -2.11. The number of rotatable bonds is 5. The Hall–Kier alpha value is -1.76. The van der Waals surface area contributed by atoms with Crippen molar-refractivity contribution in [2.24, 2.45) is 0 Å². The predicted octanol–water partition coefficient (Wildman–Crippen LogP) is 0.568. The Morgan fingerprint density at radius 3 is 2.67 bits per heavy atom. The van der Waals surface area contributed by atoms with Gasteiger partial charge >= 0.3 is 5.69 Å². The van der Waals surface area contributed by atoms with E-state index in [1.165, 1.54) is 0 Å². The van der Waals surface area contributed by atoms with Gasteiger partial charge in [0.25, 0.3) is 0 Å². The van der Waals surface area contributed by atoms with Crippen molar-refractivity contribution in [2.45, 2.75) is 19.4 Å². The fourth-order valence-electron chi connectivity index (χ4n) is 0.900. The molecule has 7 nitrogen and oxygen atoms in total. The molecule has 0 amide bonds. The van der Waals surface area contributed by atoms with Gasteiger partial charge in [0.2, 0.25) is 5.95 Å². The first-order valence-electron chi connectivity index (χ1n) is 4.48. The van der Waals surface area contributed by atoms with E-state index in [0.29, 0.717) is 18.9 Å². The molecule has 0 saturated heterocycles. The van der Waals surface area contributed by atoms with E-state index in [1.54, 1.807) is 6.92 Å². The van der Waals surface area contributed by atoms with Crippen molar-refractivity contribution < 1.29 is 10.0 Å². The minimum atomic E-state index is -0.556. The third-order valence-electron chi connectivity index (χ3n) is 1.69. The molecule has 0 aliphatic heterocycles. The number of hydrogen-bond acceptors (Lipinski definition) is 6. The van der Waals surface area contributed by atoms with Crippen molar-refractivity contribution in [3.8, 4) is 0 Å². The molecule has 0 radical (unpaired) electrons. The Balaban J connectivity index is 2.46. The number of aliphatic hydroxyl groups excluding tert-OH is 1. The summed E-state index contributed by atoms with van der Waals surface area (Å²) in [7, 11) is 0. The molecule has 0 fully saturated rings. The first kappa shape index (κ1) is 11.3. The van der Waals surface area contributed by atoms with Crippen molar-refractivity contribution in [3.63, 3.8) is 0 Å². The van der Waals surface area contributed by atoms with Gasteiger partial charge in [0.05, 0.1) is 11.0 Å². The molecule has 1 aromatic rings. The average Bonchev–Trinajstić information content (AvgIpc) is 2.18. The van der Waals surface area contributed by atoms with E-state index in [0.717, 1.165) is 12.4 Å². The molecule has 1 rings (SSSR count). The summed E-state index contributed by atoms with van der Waals surface area (Å²) in [4.78, 5) is 17.2. The zero-order chi connectivity index (χ0) is 11.3. The van der Waals surface area contributed by atoms with Crippen LogP contribution in [0.25, 0.3) is 0 Å². The summed E-state index contributed by atoms with van der Waals surface area (Å²) in [6.45, 7) is 2.20. The number of nitro groups is 1. The Labute approximate surface area is 86.3 Å². The van der Waals surface area contributed by atoms with E-state index in [1.807, 2.05) is 0 Å². The van der Waals surface area contributed by atoms with Crippen LogP contribution >= 0.6 is 0 Å². The van der Waals surface area contributed by atoms with Crippen LogP contribution in [0.15, 0.2) is 12.4 Å². The van der Waals surface area contributed by atoms with Gasteiger partial charge in [-0.3, -0.25) is 10.1 Å². The van der Waals surface area contributed by atoms with Crippen LogP contribution in [0.1, 0.15) is 13.3 Å². The molecule has 0 aliphatic carbocycles. The van der Waals surface area contributed by atoms with Crippen LogP contribution in [-0.4, -0.2) is 32.6 Å². The normalized spacial score (nSPS) is 12.1. The van der Waals surface area contributed by atoms with E-state index >= 15 is 0 Å². The van der Waals surface area contributed by atoms with E-state index in [-0.39, 0.29) is 5.69 Å². The van der Waals surface area contributed by atoms with Crippen molar-refractivity contribution in [2.75, 3.05) is 11.9 Å². The van der Waals surface area contributed by atoms with Crippen LogP contribution in [0.4, 0.5) is 11.6 Å². The molecule has 0 aliphatic rings. The van der Waals surface area contributed by atoms with Gasteiger partial charge in [0.15, 0.2) is 0 Å². The maximum absolute atomic E-state index is 10.3. The third-order valence-corrected chi connectivity index (χ3v) is 1.69. The summed E-state index contributed by atoms with van der Waals surface area (Å²) in [5.74, 6) is 0.321. The summed E-state index contributed by atoms with van der Waals surface area (Å²) in [6, 6.07) is 0. The number of anilines is 1. The lowest BCUT2D eigenvalue weighted by atomic mass is 10.3. The van der Waals surface area contributed by atoms with Crippen LogP contribution < -0.4 is 5.32 Å². The molecular formula is C8H12N4O3. The molecule has 1 heterocycles. The van der Waals surface area contributed by atoms with E-state index in [2.05, 4.69) is 15.3 Å². The molecule has 82 valence electrons. The number of nitrogens with one attached hydrogen (secondary N) is 1. The molecule has 0 aromatic carbocycles. The molecule has 2 N–H and O–H groups in total. The summed E-state index contributed by atoms with van der Waals surface area (Å²) in [6.07, 6.45) is 2.45. The summed E-state index contributed by atoms with van der Waals surface area (Å²) < 4.78 is 0. The minimum Gasteiger partial charge on any atom is -0.393 e. The van der Waals surface area contributed by atoms with Gasteiger partial charge < -0.3 is 10.4 Å². The van der Waals surface area contributed by atoms with Gasteiger partial charge in [-0.1, -0.05) is 0 Å². The summed E-state index contributed by atoms with van der Waals surface area (Å²) in [5, 5.41) is 22.1. The predicted molar refractivity (Wildman–Crippen MR) is 53.5 cm³/mol. The number of hydrogen-bond donors (Lipinski definition) is 2. The highest BCUT2D eigenvalue weighted by Gasteiger charge is 2.06. The van der Waals surface area contributed by atoms with Crippen molar-refractivity contribution >= 4 is 11.6 Å². The van der Waals surface area contributed by atoms with Gasteiger partial charge in [-0.25, -0.2) is 9.97 Å². The monoisotopic (exact) mass is 212 g/mol. The number of aromatic nitrogens is 2. The number of aliphatic hydroxyl groups is 1. The zero-order valence-electron chi connectivity index (χ0n) is 8.25. The van der Waals surface area contributed by atoms with Crippen molar-refractivity contribution in [3.05, 3.63) is 22.5 Å². The van der Waals surface area contributed by atoms with Crippen LogP contribution in [-0.2, 0) is 0 Å². The number of nitrogens with zero attached hydrogens (tertiary/aromatic N) is 3. The second-order valence-corrected chi connectivity index (χ2v) is 3.09. The molecule has 7 heteroatoms. The lowest BCUT2D eigenvalue weighted by Gasteiger charge is -2.05. The standard InChI is InChI=1S/C8H12N4O3/c1-6(13)2-3-9-8-10-4-7(5-11-8)12(14)15/h4-6,13H,2-3H2,1H3,(H,9,10,11). The topological polar surface area (TPSA) is 101 Å². The molecule has 0 bridgehead atoms. The Morgan fingerprint density at radius 1 is 1.60 bits per heavy atom. The largest absolute Gasteiger partial charge is 0.393 e. The molecule has 1 aromatic heterocycles. The van der Waals surface area contributed by atoms with Crippen LogP contribution in [0.3, 0.4) is 0 Å². The van der Waals surface area contributed by atoms with Gasteiger partial charge in [-0.2, -0.15) is 0 Å². The fourth-order valence-corrected chi connectivity index (χ4v) is 0.900. The first-order chi connectivity index (χ1) is 7.09. The van der Waals surface area contributed by atoms with Crippen LogP contribution in [0, 0.1) is 10.1 Å². The molecule has 0 spiro atoms. The molecule has 1 atom stereocenters. The van der Waals surface area contributed by atoms with E-state index < -0.39 is 11.0 Å². The molecule has 0 saturated carbocycles. The van der Waals surface area contributed by atoms with Crippen LogP contribution in [0.5, 0.6) is 0 Å². The SMILES string of the molecule is CC(O)CCNc1ncc([N+](=O)[O-])cn1. The smallest absolute Gasteiger partial charge is 0.305 e. The maximum atomic E-state index is 10.3. The van der Waals surface area contributed by atoms with Gasteiger partial charge in [0, 0.05) is 6.54 Å². The van der Waals surface area contributed by atoms with Crippen LogP contribution in [0.2, 0.25) is 0 Å². The second-order valence-electron chi connectivity index (χ2n) is 3.09. The highest BCUT2D eigenvalue weighted by Crippen LogP contribution is 2.07. The Morgan fingerprint density at radius 2 is 2.20 bits per heavy atom.